The van der Waals surface area contributed by atoms with Gasteiger partial charge in [0.25, 0.3) is 0 Å². The number of hydrogen-bond donors (Lipinski definition) is 0. The zero-order chi connectivity index (χ0) is 26.8. The third-order valence-electron chi connectivity index (χ3n) is 6.87. The van der Waals surface area contributed by atoms with Gasteiger partial charge in [-0.15, -0.1) is 0 Å². The van der Waals surface area contributed by atoms with Crippen molar-refractivity contribution >= 4 is 38.2 Å². The molecule has 188 valence electrons. The van der Waals surface area contributed by atoms with Crippen LogP contribution in [0, 0.1) is 6.57 Å². The monoisotopic (exact) mass is 570 g/mol. The lowest BCUT2D eigenvalue weighted by molar-refractivity contribution is 0.103. The van der Waals surface area contributed by atoms with Gasteiger partial charge in [0, 0.05) is 46.3 Å². The van der Waals surface area contributed by atoms with Crippen molar-refractivity contribution in [3.63, 3.8) is 0 Å². The van der Waals surface area contributed by atoms with Gasteiger partial charge in [0.05, 0.1) is 25.1 Å². The summed E-state index contributed by atoms with van der Waals surface area (Å²) in [5.74, 6) is -0.0161. The van der Waals surface area contributed by atoms with Gasteiger partial charge in [-0.3, -0.25) is 4.79 Å². The largest absolute Gasteiger partial charge is 0.347 e. The molecule has 6 rings (SSSR count). The van der Waals surface area contributed by atoms with Crippen molar-refractivity contribution in [1.29, 1.82) is 0 Å². The van der Waals surface area contributed by atoms with E-state index in [9.17, 15) is 4.79 Å². The van der Waals surface area contributed by atoms with E-state index in [1.165, 1.54) is 0 Å². The molecule has 5 nitrogen and oxygen atoms in total. The number of halogens is 1. The summed E-state index contributed by atoms with van der Waals surface area (Å²) in [5.41, 5.74) is 5.98. The Morgan fingerprint density at radius 3 is 2.41 bits per heavy atom. The minimum atomic E-state index is -0.0161. The number of rotatable bonds is 7. The summed E-state index contributed by atoms with van der Waals surface area (Å²) in [4.78, 5) is 21.7. The molecule has 0 amide bonds. The molecule has 0 bridgehead atoms. The van der Waals surface area contributed by atoms with E-state index >= 15 is 0 Å². The van der Waals surface area contributed by atoms with E-state index in [-0.39, 0.29) is 5.78 Å². The highest BCUT2D eigenvalue weighted by molar-refractivity contribution is 9.10. The molecular weight excluding hydrogens is 548 g/mol. The zero-order valence-corrected chi connectivity index (χ0v) is 22.5. The second-order valence-corrected chi connectivity index (χ2v) is 10.3. The number of fused-ring (bicyclic) bond motifs is 1. The molecule has 0 atom stereocenters. The summed E-state index contributed by atoms with van der Waals surface area (Å²) in [6.07, 6.45) is 7.70. The minimum absolute atomic E-state index is 0.0161. The van der Waals surface area contributed by atoms with E-state index in [0.717, 1.165) is 37.6 Å². The van der Waals surface area contributed by atoms with Gasteiger partial charge in [0.15, 0.2) is 11.5 Å². The van der Waals surface area contributed by atoms with Crippen molar-refractivity contribution in [3.05, 3.63) is 154 Å². The molecule has 4 aromatic carbocycles. The first-order valence-corrected chi connectivity index (χ1v) is 13.3. The van der Waals surface area contributed by atoms with Crippen molar-refractivity contribution in [2.45, 2.75) is 13.1 Å². The Morgan fingerprint density at radius 1 is 0.846 bits per heavy atom. The second-order valence-electron chi connectivity index (χ2n) is 9.41. The first-order valence-electron chi connectivity index (χ1n) is 12.5. The third kappa shape index (κ3) is 5.05. The predicted octanol–water partition coefficient (Wildman–Crippen LogP) is 8.15. The van der Waals surface area contributed by atoms with Crippen molar-refractivity contribution in [3.8, 4) is 11.1 Å². The van der Waals surface area contributed by atoms with E-state index in [1.54, 1.807) is 0 Å². The maximum atomic E-state index is 13.8. The van der Waals surface area contributed by atoms with Gasteiger partial charge in [-0.05, 0) is 46.2 Å². The molecule has 0 radical (unpaired) electrons. The second kappa shape index (κ2) is 10.6. The van der Waals surface area contributed by atoms with Crippen LogP contribution in [0.3, 0.4) is 0 Å². The van der Waals surface area contributed by atoms with E-state index in [0.29, 0.717) is 29.9 Å². The number of carbonyl (C=O) groups is 1. The summed E-state index contributed by atoms with van der Waals surface area (Å²) >= 11 is 3.47. The van der Waals surface area contributed by atoms with Gasteiger partial charge in [-0.25, -0.2) is 9.83 Å². The summed E-state index contributed by atoms with van der Waals surface area (Å²) < 4.78 is 5.10. The van der Waals surface area contributed by atoms with Crippen LogP contribution in [0.4, 0.5) is 5.69 Å². The molecule has 0 N–H and O–H groups in total. The van der Waals surface area contributed by atoms with Crippen LogP contribution in [0.25, 0.3) is 26.7 Å². The molecule has 6 heteroatoms. The first-order chi connectivity index (χ1) is 19.1. The fourth-order valence-corrected chi connectivity index (χ4v) is 5.16. The molecule has 0 saturated carbocycles. The van der Waals surface area contributed by atoms with Gasteiger partial charge < -0.3 is 9.13 Å². The lowest BCUT2D eigenvalue weighted by atomic mass is 9.94. The van der Waals surface area contributed by atoms with Crippen LogP contribution in [0.5, 0.6) is 0 Å². The molecule has 0 aliphatic heterocycles. The van der Waals surface area contributed by atoms with Crippen LogP contribution in [0.1, 0.15) is 27.2 Å². The molecule has 39 heavy (non-hydrogen) atoms. The van der Waals surface area contributed by atoms with Crippen LogP contribution in [-0.4, -0.2) is 19.9 Å². The van der Waals surface area contributed by atoms with E-state index in [1.807, 2.05) is 85.5 Å². The highest BCUT2D eigenvalue weighted by Crippen LogP contribution is 2.33. The van der Waals surface area contributed by atoms with Crippen LogP contribution in [0.15, 0.2) is 120 Å². The number of aromatic nitrogens is 3. The van der Waals surface area contributed by atoms with Gasteiger partial charge in [-0.2, -0.15) is 0 Å². The van der Waals surface area contributed by atoms with E-state index in [4.69, 9.17) is 6.57 Å². The number of nitrogens with zero attached hydrogens (tertiary/aromatic N) is 4. The fraction of sp³-hybridized carbons (Fsp3) is 0.0606. The Morgan fingerprint density at radius 2 is 1.62 bits per heavy atom. The summed E-state index contributed by atoms with van der Waals surface area (Å²) in [7, 11) is 0. The Kier molecular flexibility index (Phi) is 6.66. The maximum Gasteiger partial charge on any atom is 0.195 e. The van der Waals surface area contributed by atoms with Gasteiger partial charge in [-0.1, -0.05) is 82.7 Å². The normalized spacial score (nSPS) is 11.0. The molecule has 2 aromatic heterocycles. The van der Waals surface area contributed by atoms with Crippen molar-refractivity contribution in [1.82, 2.24) is 14.1 Å². The molecule has 2 heterocycles. The average Bonchev–Trinajstić information content (AvgIpc) is 3.60. The SMILES string of the molecule is [C-]#[N+]c1ccc(Cn2cncc2Cn2cc(C(=O)c3ccc(Br)cc3)c(-c3cccc4ccccc34)c2)cc1. The highest BCUT2D eigenvalue weighted by atomic mass is 79.9. The number of benzene rings is 4. The smallest absolute Gasteiger partial charge is 0.195 e. The van der Waals surface area contributed by atoms with Crippen molar-refractivity contribution < 1.29 is 4.79 Å². The lowest BCUT2D eigenvalue weighted by Crippen LogP contribution is -2.07. The molecular formula is C33H23BrN4O. The molecule has 6 aromatic rings. The highest BCUT2D eigenvalue weighted by Gasteiger charge is 2.20. The summed E-state index contributed by atoms with van der Waals surface area (Å²) in [6.45, 7) is 8.38. The lowest BCUT2D eigenvalue weighted by Gasteiger charge is -2.09. The topological polar surface area (TPSA) is 44.2 Å². The van der Waals surface area contributed by atoms with Crippen molar-refractivity contribution in [2.24, 2.45) is 0 Å². The predicted molar refractivity (Wildman–Crippen MR) is 158 cm³/mol. The number of carbonyl (C=O) groups excluding carboxylic acids is 1. The standard InChI is InChI=1S/C33H23BrN4O/c1-35-27-15-9-23(10-16-27)18-38-22-36-17-28(38)19-37-20-31(30-8-4-6-24-5-2-3-7-29(24)30)32(21-37)33(39)25-11-13-26(34)14-12-25/h2-17,20-22H,18-19H2. The molecule has 0 aliphatic carbocycles. The van der Waals surface area contributed by atoms with Crippen LogP contribution in [0.2, 0.25) is 0 Å². The Bertz CT molecular complexity index is 1830. The first kappa shape index (κ1) is 24.6. The van der Waals surface area contributed by atoms with E-state index < -0.39 is 0 Å². The van der Waals surface area contributed by atoms with E-state index in [2.05, 4.69) is 65.4 Å². The third-order valence-corrected chi connectivity index (χ3v) is 7.40. The van der Waals surface area contributed by atoms with Crippen LogP contribution in [-0.2, 0) is 13.1 Å². The molecule has 0 fully saturated rings. The van der Waals surface area contributed by atoms with Gasteiger partial charge in [0.2, 0.25) is 0 Å². The van der Waals surface area contributed by atoms with Crippen LogP contribution >= 0.6 is 15.9 Å². The number of imidazole rings is 1. The minimum Gasteiger partial charge on any atom is -0.347 e. The summed E-state index contributed by atoms with van der Waals surface area (Å²) in [5, 5.41) is 2.24. The summed E-state index contributed by atoms with van der Waals surface area (Å²) in [6, 6.07) is 29.6. The van der Waals surface area contributed by atoms with Gasteiger partial charge in [0.1, 0.15) is 0 Å². The number of hydrogen-bond acceptors (Lipinski definition) is 2. The molecule has 0 spiro atoms. The number of ketones is 1. The molecule has 0 unspecified atom stereocenters. The average molecular weight is 571 g/mol. The van der Waals surface area contributed by atoms with Gasteiger partial charge >= 0.3 is 0 Å². The fourth-order valence-electron chi connectivity index (χ4n) is 4.89. The van der Waals surface area contributed by atoms with Crippen molar-refractivity contribution in [2.75, 3.05) is 0 Å². The maximum absolute atomic E-state index is 13.8. The Balaban J connectivity index is 1.39. The molecule has 0 saturated heterocycles. The van der Waals surface area contributed by atoms with Crippen LogP contribution < -0.4 is 0 Å². The quantitative estimate of drug-likeness (QED) is 0.143. The molecule has 0 aliphatic rings. The zero-order valence-electron chi connectivity index (χ0n) is 21.0. The Labute approximate surface area is 234 Å². The Hall–Kier alpha value is -4.73.